The number of carbonyl (C=O) groups excluding carboxylic acids is 3. The second-order valence-electron chi connectivity index (χ2n) is 8.80. The first kappa shape index (κ1) is 31.4. The fourth-order valence-electron chi connectivity index (χ4n) is 4.04. The van der Waals surface area contributed by atoms with E-state index in [4.69, 9.17) is 23.2 Å². The highest BCUT2D eigenvalue weighted by Gasteiger charge is 2.22. The molecule has 1 saturated heterocycles. The lowest BCUT2D eigenvalue weighted by Gasteiger charge is -2.20. The molecule has 2 amide bonds. The zero-order chi connectivity index (χ0) is 28.0. The van der Waals surface area contributed by atoms with Crippen molar-refractivity contribution in [3.05, 3.63) is 93.5 Å². The van der Waals surface area contributed by atoms with Gasteiger partial charge in [-0.3, -0.25) is 19.1 Å². The highest BCUT2D eigenvalue weighted by molar-refractivity contribution is 7.92. The lowest BCUT2D eigenvalue weighted by atomic mass is 10.0. The fraction of sp³-hybridized carbons (Fsp3) is 0.222. The van der Waals surface area contributed by atoms with Crippen LogP contribution in [0.2, 0.25) is 10.0 Å². The summed E-state index contributed by atoms with van der Waals surface area (Å²) in [5.41, 5.74) is 0.546. The summed E-state index contributed by atoms with van der Waals surface area (Å²) in [5.74, 6) is -1.15. The first-order chi connectivity index (χ1) is 18.7. The molecular formula is C27H27Cl3N4O5S. The topological polar surface area (TPSA) is 125 Å². The van der Waals surface area contributed by atoms with Crippen molar-refractivity contribution in [2.45, 2.75) is 11.3 Å². The van der Waals surface area contributed by atoms with Crippen LogP contribution in [0.15, 0.2) is 71.6 Å². The minimum Gasteiger partial charge on any atom is -0.343 e. The molecule has 4 rings (SSSR count). The summed E-state index contributed by atoms with van der Waals surface area (Å²) in [6.07, 6.45) is 0.844. The Balaban J connectivity index is 0.00000441. The normalized spacial score (nSPS) is 13.5. The first-order valence-corrected chi connectivity index (χ1v) is 14.4. The molecule has 0 aliphatic carbocycles. The minimum absolute atomic E-state index is 0. The average molecular weight is 626 g/mol. The largest absolute Gasteiger partial charge is 0.343 e. The molecule has 0 radical (unpaired) electrons. The highest BCUT2D eigenvalue weighted by Crippen LogP contribution is 2.27. The van der Waals surface area contributed by atoms with Gasteiger partial charge in [0, 0.05) is 41.3 Å². The van der Waals surface area contributed by atoms with Crippen molar-refractivity contribution in [1.82, 2.24) is 15.5 Å². The van der Waals surface area contributed by atoms with Gasteiger partial charge in [-0.1, -0.05) is 35.3 Å². The molecule has 1 heterocycles. The van der Waals surface area contributed by atoms with Crippen molar-refractivity contribution in [3.8, 4) is 0 Å². The number of benzene rings is 3. The fourth-order valence-corrected chi connectivity index (χ4v) is 5.62. The SMILES string of the molecule is Cl.O=C(NCC(=O)N1CCCNCC1)c1ccc(S(=O)(=O)Nc2ccccc2C(=O)c2ccc(Cl)cc2Cl)cc1. The van der Waals surface area contributed by atoms with Crippen molar-refractivity contribution >= 4 is 68.9 Å². The van der Waals surface area contributed by atoms with Gasteiger partial charge in [0.2, 0.25) is 5.91 Å². The number of halogens is 3. The Kier molecular flexibility index (Phi) is 11.0. The van der Waals surface area contributed by atoms with Gasteiger partial charge in [-0.15, -0.1) is 12.4 Å². The van der Waals surface area contributed by atoms with E-state index < -0.39 is 21.7 Å². The van der Waals surface area contributed by atoms with Crippen LogP contribution in [0.5, 0.6) is 0 Å². The number of rotatable bonds is 8. The van der Waals surface area contributed by atoms with E-state index in [9.17, 15) is 22.8 Å². The maximum Gasteiger partial charge on any atom is 0.261 e. The quantitative estimate of drug-likeness (QED) is 0.325. The Morgan fingerprint density at radius 3 is 2.35 bits per heavy atom. The molecule has 0 atom stereocenters. The van der Waals surface area contributed by atoms with Gasteiger partial charge in [-0.05, 0) is 67.6 Å². The number of carbonyl (C=O) groups is 3. The molecule has 0 saturated carbocycles. The maximum atomic E-state index is 13.1. The Labute approximate surface area is 248 Å². The van der Waals surface area contributed by atoms with E-state index in [0.29, 0.717) is 24.7 Å². The van der Waals surface area contributed by atoms with E-state index in [2.05, 4.69) is 15.4 Å². The number of nitrogens with zero attached hydrogens (tertiary/aromatic N) is 1. The van der Waals surface area contributed by atoms with Crippen LogP contribution in [0.4, 0.5) is 5.69 Å². The summed E-state index contributed by atoms with van der Waals surface area (Å²) >= 11 is 12.1. The molecular weight excluding hydrogens is 599 g/mol. The van der Waals surface area contributed by atoms with Gasteiger partial charge in [0.25, 0.3) is 15.9 Å². The third-order valence-electron chi connectivity index (χ3n) is 6.11. The number of nitrogens with one attached hydrogen (secondary N) is 3. The lowest BCUT2D eigenvalue weighted by molar-refractivity contribution is -0.129. The molecule has 13 heteroatoms. The Hall–Kier alpha value is -3.15. The predicted molar refractivity (Wildman–Crippen MR) is 157 cm³/mol. The number of hydrogen-bond acceptors (Lipinski definition) is 6. The van der Waals surface area contributed by atoms with Gasteiger partial charge < -0.3 is 15.5 Å². The maximum absolute atomic E-state index is 13.1. The number of anilines is 1. The van der Waals surface area contributed by atoms with Gasteiger partial charge in [0.15, 0.2) is 5.78 Å². The lowest BCUT2D eigenvalue weighted by Crippen LogP contribution is -2.41. The number of para-hydroxylation sites is 1. The second kappa shape index (κ2) is 14.0. The summed E-state index contributed by atoms with van der Waals surface area (Å²) < 4.78 is 28.6. The summed E-state index contributed by atoms with van der Waals surface area (Å²) in [6, 6.07) is 15.8. The summed E-state index contributed by atoms with van der Waals surface area (Å²) in [5, 5.41) is 6.31. The molecule has 0 aromatic heterocycles. The van der Waals surface area contributed by atoms with Crippen LogP contribution in [0.3, 0.4) is 0 Å². The van der Waals surface area contributed by atoms with E-state index in [1.54, 1.807) is 17.0 Å². The molecule has 1 aliphatic heterocycles. The monoisotopic (exact) mass is 624 g/mol. The average Bonchev–Trinajstić information content (AvgIpc) is 3.21. The van der Waals surface area contributed by atoms with E-state index in [1.807, 2.05) is 0 Å². The van der Waals surface area contributed by atoms with Crippen molar-refractivity contribution < 1.29 is 22.8 Å². The standard InChI is InChI=1S/C27H26Cl2N4O5S.ClH/c28-19-8-11-21(23(29)16-19)26(35)22-4-1-2-5-24(22)32-39(37,38)20-9-6-18(7-10-20)27(36)31-17-25(34)33-14-3-12-30-13-15-33;/h1-2,4-11,16,30,32H,3,12-15,17H2,(H,31,36);1H. The predicted octanol–water partition coefficient (Wildman–Crippen LogP) is 4.00. The highest BCUT2D eigenvalue weighted by atomic mass is 35.5. The van der Waals surface area contributed by atoms with Crippen molar-refractivity contribution in [2.24, 2.45) is 0 Å². The molecule has 0 spiro atoms. The molecule has 1 fully saturated rings. The number of ketones is 1. The van der Waals surface area contributed by atoms with Crippen LogP contribution in [-0.2, 0) is 14.8 Å². The minimum atomic E-state index is -4.11. The van der Waals surface area contributed by atoms with Crippen LogP contribution in [-0.4, -0.2) is 63.6 Å². The van der Waals surface area contributed by atoms with Gasteiger partial charge in [-0.25, -0.2) is 8.42 Å². The van der Waals surface area contributed by atoms with Gasteiger partial charge in [0.05, 0.1) is 22.2 Å². The zero-order valence-corrected chi connectivity index (χ0v) is 24.3. The third-order valence-corrected chi connectivity index (χ3v) is 8.04. The Bertz CT molecular complexity index is 1490. The van der Waals surface area contributed by atoms with Gasteiger partial charge in [0.1, 0.15) is 0 Å². The van der Waals surface area contributed by atoms with E-state index >= 15 is 0 Å². The van der Waals surface area contributed by atoms with Crippen LogP contribution in [0, 0.1) is 0 Å². The van der Waals surface area contributed by atoms with Crippen LogP contribution < -0.4 is 15.4 Å². The van der Waals surface area contributed by atoms with Crippen molar-refractivity contribution in [3.63, 3.8) is 0 Å². The molecule has 9 nitrogen and oxygen atoms in total. The number of hydrogen-bond donors (Lipinski definition) is 3. The molecule has 212 valence electrons. The van der Waals surface area contributed by atoms with Crippen molar-refractivity contribution in [2.75, 3.05) is 37.4 Å². The molecule has 0 bridgehead atoms. The summed E-state index contributed by atoms with van der Waals surface area (Å²) in [4.78, 5) is 39.7. The smallest absolute Gasteiger partial charge is 0.261 e. The van der Waals surface area contributed by atoms with E-state index in [-0.39, 0.29) is 57.2 Å². The number of amides is 2. The van der Waals surface area contributed by atoms with Gasteiger partial charge >= 0.3 is 0 Å². The summed E-state index contributed by atoms with van der Waals surface area (Å²) in [6.45, 7) is 2.61. The van der Waals surface area contributed by atoms with Crippen LogP contribution in [0.1, 0.15) is 32.7 Å². The molecule has 40 heavy (non-hydrogen) atoms. The third kappa shape index (κ3) is 7.74. The molecule has 3 N–H and O–H groups in total. The Morgan fingerprint density at radius 2 is 1.62 bits per heavy atom. The van der Waals surface area contributed by atoms with Crippen molar-refractivity contribution in [1.29, 1.82) is 0 Å². The molecule has 1 aliphatic rings. The Morgan fingerprint density at radius 1 is 0.900 bits per heavy atom. The van der Waals surface area contributed by atoms with E-state index in [1.165, 1.54) is 54.6 Å². The first-order valence-electron chi connectivity index (χ1n) is 12.1. The van der Waals surface area contributed by atoms with E-state index in [0.717, 1.165) is 13.0 Å². The molecule has 0 unspecified atom stereocenters. The van der Waals surface area contributed by atoms with Gasteiger partial charge in [-0.2, -0.15) is 0 Å². The number of sulfonamides is 1. The molecule has 3 aromatic carbocycles. The van der Waals surface area contributed by atoms with Crippen LogP contribution >= 0.6 is 35.6 Å². The second-order valence-corrected chi connectivity index (χ2v) is 11.3. The zero-order valence-electron chi connectivity index (χ0n) is 21.2. The summed E-state index contributed by atoms with van der Waals surface area (Å²) in [7, 11) is -4.11. The molecule has 3 aromatic rings. The van der Waals surface area contributed by atoms with Crippen LogP contribution in [0.25, 0.3) is 0 Å².